The number of hydrogen-bond acceptors (Lipinski definition) is 6. The molecule has 0 aromatic rings. The summed E-state index contributed by atoms with van der Waals surface area (Å²) in [6.45, 7) is 8.57. The highest BCUT2D eigenvalue weighted by Crippen LogP contribution is 2.08. The molecule has 0 saturated heterocycles. The Morgan fingerprint density at radius 2 is 1.47 bits per heavy atom. The zero-order chi connectivity index (χ0) is 23.6. The number of rotatable bonds is 13. The molecule has 30 heavy (non-hydrogen) atoms. The summed E-state index contributed by atoms with van der Waals surface area (Å²) in [6, 6.07) is -4.09. The molecule has 0 bridgehead atoms. The van der Waals surface area contributed by atoms with Crippen LogP contribution in [0.4, 0.5) is 0 Å². The van der Waals surface area contributed by atoms with E-state index in [9.17, 15) is 24.0 Å². The predicted octanol–water partition coefficient (Wildman–Crippen LogP) is -1.16. The van der Waals surface area contributed by atoms with Gasteiger partial charge in [-0.05, 0) is 25.2 Å². The Labute approximate surface area is 176 Å². The van der Waals surface area contributed by atoms with Gasteiger partial charge in [0.2, 0.25) is 23.6 Å². The predicted molar refractivity (Wildman–Crippen MR) is 110 cm³/mol. The quantitative estimate of drug-likeness (QED) is 0.212. The molecule has 5 unspecified atom stereocenters. The van der Waals surface area contributed by atoms with E-state index in [0.717, 1.165) is 0 Å². The highest BCUT2D eigenvalue weighted by molar-refractivity contribution is 5.94. The number of nitrogens with two attached hydrogens (primary N) is 2. The SMILES string of the molecule is CCC(C)C(N)C(=O)NC(C(=O)NC(C)C(=O)NC(CCC(N)=O)C(=O)O)C(C)C. The average Bonchev–Trinajstić information content (AvgIpc) is 2.66. The highest BCUT2D eigenvalue weighted by Gasteiger charge is 2.30. The van der Waals surface area contributed by atoms with Gasteiger partial charge in [-0.15, -0.1) is 0 Å². The van der Waals surface area contributed by atoms with E-state index in [-0.39, 0.29) is 24.7 Å². The van der Waals surface area contributed by atoms with Gasteiger partial charge in [0, 0.05) is 6.42 Å². The zero-order valence-electron chi connectivity index (χ0n) is 18.2. The van der Waals surface area contributed by atoms with Gasteiger partial charge in [-0.25, -0.2) is 4.79 Å². The molecule has 5 atom stereocenters. The van der Waals surface area contributed by atoms with Crippen molar-refractivity contribution in [1.82, 2.24) is 16.0 Å². The number of nitrogens with one attached hydrogen (secondary N) is 3. The number of amides is 4. The molecule has 0 heterocycles. The van der Waals surface area contributed by atoms with Crippen molar-refractivity contribution in [3.63, 3.8) is 0 Å². The maximum Gasteiger partial charge on any atom is 0.326 e. The van der Waals surface area contributed by atoms with Gasteiger partial charge in [-0.2, -0.15) is 0 Å². The molecule has 0 spiro atoms. The molecule has 4 amide bonds. The van der Waals surface area contributed by atoms with Crippen molar-refractivity contribution in [3.8, 4) is 0 Å². The maximum absolute atomic E-state index is 12.6. The van der Waals surface area contributed by atoms with E-state index in [1.54, 1.807) is 13.8 Å². The Balaban J connectivity index is 5.02. The Kier molecular flexibility index (Phi) is 11.6. The number of carboxylic acids is 1. The van der Waals surface area contributed by atoms with Crippen molar-refractivity contribution >= 4 is 29.6 Å². The van der Waals surface area contributed by atoms with E-state index in [2.05, 4.69) is 16.0 Å². The molecule has 172 valence electrons. The molecule has 0 saturated carbocycles. The van der Waals surface area contributed by atoms with E-state index >= 15 is 0 Å². The standard InChI is InChI=1S/C19H35N5O6/c1-6-10(4)14(21)17(27)24-15(9(2)3)18(28)22-11(5)16(26)23-12(19(29)30)7-8-13(20)25/h9-12,14-15H,6-8,21H2,1-5H3,(H2,20,25)(H,22,28)(H,23,26)(H,24,27)(H,29,30). The van der Waals surface area contributed by atoms with Crippen LogP contribution in [0.15, 0.2) is 0 Å². The van der Waals surface area contributed by atoms with Crippen molar-refractivity contribution in [1.29, 1.82) is 0 Å². The summed E-state index contributed by atoms with van der Waals surface area (Å²) in [7, 11) is 0. The summed E-state index contributed by atoms with van der Waals surface area (Å²) >= 11 is 0. The lowest BCUT2D eigenvalue weighted by Gasteiger charge is -2.26. The molecule has 0 radical (unpaired) electrons. The number of carbonyl (C=O) groups excluding carboxylic acids is 4. The molecule has 0 aliphatic carbocycles. The van der Waals surface area contributed by atoms with Crippen LogP contribution < -0.4 is 27.4 Å². The molecule has 0 aliphatic rings. The molecule has 0 aromatic carbocycles. The monoisotopic (exact) mass is 429 g/mol. The number of carboxylic acid groups (broad SMARTS) is 1. The van der Waals surface area contributed by atoms with Crippen LogP contribution in [0.5, 0.6) is 0 Å². The second-order valence-corrected chi connectivity index (χ2v) is 7.78. The second kappa shape index (κ2) is 12.8. The van der Waals surface area contributed by atoms with E-state index < -0.39 is 53.8 Å². The molecular weight excluding hydrogens is 394 g/mol. The molecule has 8 N–H and O–H groups in total. The summed E-state index contributed by atoms with van der Waals surface area (Å²) in [5.74, 6) is -4.17. The first-order valence-corrected chi connectivity index (χ1v) is 9.99. The van der Waals surface area contributed by atoms with Gasteiger partial charge in [0.25, 0.3) is 0 Å². The van der Waals surface area contributed by atoms with Crippen LogP contribution in [0.25, 0.3) is 0 Å². The molecule has 0 aliphatic heterocycles. The average molecular weight is 430 g/mol. The third kappa shape index (κ3) is 9.21. The van der Waals surface area contributed by atoms with Crippen LogP contribution in [0.3, 0.4) is 0 Å². The maximum atomic E-state index is 12.6. The summed E-state index contributed by atoms with van der Waals surface area (Å²) in [5.41, 5.74) is 10.9. The van der Waals surface area contributed by atoms with Gasteiger partial charge in [-0.1, -0.05) is 34.1 Å². The van der Waals surface area contributed by atoms with Gasteiger partial charge in [0.15, 0.2) is 0 Å². The highest BCUT2D eigenvalue weighted by atomic mass is 16.4. The molecular formula is C19H35N5O6. The van der Waals surface area contributed by atoms with E-state index in [0.29, 0.717) is 6.42 Å². The fraction of sp³-hybridized carbons (Fsp3) is 0.737. The van der Waals surface area contributed by atoms with Crippen LogP contribution in [0.1, 0.15) is 53.9 Å². The number of aliphatic carboxylic acids is 1. The van der Waals surface area contributed by atoms with E-state index in [1.165, 1.54) is 6.92 Å². The van der Waals surface area contributed by atoms with Crippen LogP contribution in [0.2, 0.25) is 0 Å². The van der Waals surface area contributed by atoms with Gasteiger partial charge in [0.05, 0.1) is 6.04 Å². The third-order valence-corrected chi connectivity index (χ3v) is 4.85. The van der Waals surface area contributed by atoms with E-state index in [4.69, 9.17) is 16.6 Å². The number of primary amides is 1. The zero-order valence-corrected chi connectivity index (χ0v) is 18.2. The van der Waals surface area contributed by atoms with Crippen LogP contribution >= 0.6 is 0 Å². The molecule has 0 rings (SSSR count). The minimum Gasteiger partial charge on any atom is -0.480 e. The number of carbonyl (C=O) groups is 5. The van der Waals surface area contributed by atoms with Gasteiger partial charge >= 0.3 is 5.97 Å². The Bertz CT molecular complexity index is 639. The first-order valence-electron chi connectivity index (χ1n) is 9.99. The lowest BCUT2D eigenvalue weighted by atomic mass is 9.97. The summed E-state index contributed by atoms with van der Waals surface area (Å²) < 4.78 is 0. The second-order valence-electron chi connectivity index (χ2n) is 7.78. The fourth-order valence-corrected chi connectivity index (χ4v) is 2.51. The Hall–Kier alpha value is -2.69. The summed E-state index contributed by atoms with van der Waals surface area (Å²) in [4.78, 5) is 59.3. The summed E-state index contributed by atoms with van der Waals surface area (Å²) in [5, 5.41) is 16.5. The largest absolute Gasteiger partial charge is 0.480 e. The molecule has 11 heteroatoms. The lowest BCUT2D eigenvalue weighted by Crippen LogP contribution is -2.58. The van der Waals surface area contributed by atoms with Crippen molar-refractivity contribution in [2.24, 2.45) is 23.3 Å². The summed E-state index contributed by atoms with van der Waals surface area (Å²) in [6.07, 6.45) is 0.315. The van der Waals surface area contributed by atoms with Crippen LogP contribution in [-0.4, -0.2) is 58.9 Å². The van der Waals surface area contributed by atoms with Crippen molar-refractivity contribution in [2.45, 2.75) is 78.0 Å². The van der Waals surface area contributed by atoms with Crippen LogP contribution in [0, 0.1) is 11.8 Å². The van der Waals surface area contributed by atoms with E-state index in [1.807, 2.05) is 13.8 Å². The third-order valence-electron chi connectivity index (χ3n) is 4.85. The van der Waals surface area contributed by atoms with Gasteiger partial charge < -0.3 is 32.5 Å². The Morgan fingerprint density at radius 1 is 0.900 bits per heavy atom. The lowest BCUT2D eigenvalue weighted by molar-refractivity contribution is -0.142. The van der Waals surface area contributed by atoms with Crippen molar-refractivity contribution < 1.29 is 29.1 Å². The molecule has 0 aromatic heterocycles. The molecule has 0 fully saturated rings. The van der Waals surface area contributed by atoms with Gasteiger partial charge in [-0.3, -0.25) is 19.2 Å². The van der Waals surface area contributed by atoms with Crippen LogP contribution in [-0.2, 0) is 24.0 Å². The van der Waals surface area contributed by atoms with Crippen molar-refractivity contribution in [3.05, 3.63) is 0 Å². The smallest absolute Gasteiger partial charge is 0.326 e. The Morgan fingerprint density at radius 3 is 1.90 bits per heavy atom. The first-order chi connectivity index (χ1) is 13.8. The fourth-order valence-electron chi connectivity index (χ4n) is 2.51. The van der Waals surface area contributed by atoms with Gasteiger partial charge in [0.1, 0.15) is 18.1 Å². The first kappa shape index (κ1) is 27.3. The minimum absolute atomic E-state index is 0.0704. The molecule has 11 nitrogen and oxygen atoms in total. The minimum atomic E-state index is -1.32. The topological polar surface area (TPSA) is 194 Å². The normalized spacial score (nSPS) is 16.0. The van der Waals surface area contributed by atoms with Crippen molar-refractivity contribution in [2.75, 3.05) is 0 Å². The number of hydrogen-bond donors (Lipinski definition) is 6.